The van der Waals surface area contributed by atoms with Crippen LogP contribution in [0.5, 0.6) is 0 Å². The molecule has 0 radical (unpaired) electrons. The van der Waals surface area contributed by atoms with Gasteiger partial charge in [0.15, 0.2) is 0 Å². The van der Waals surface area contributed by atoms with E-state index in [0.717, 1.165) is 5.52 Å². The Hall–Kier alpha value is -2.67. The number of nitrogens with zero attached hydrogens (tertiary/aromatic N) is 1. The largest absolute Gasteiger partial charge is 0.256 e. The molecule has 0 aliphatic carbocycles. The van der Waals surface area contributed by atoms with Gasteiger partial charge in [-0.3, -0.25) is 4.98 Å². The van der Waals surface area contributed by atoms with Gasteiger partial charge in [0.25, 0.3) is 0 Å². The van der Waals surface area contributed by atoms with Gasteiger partial charge in [-0.2, -0.15) is 0 Å². The Labute approximate surface area is 130 Å². The van der Waals surface area contributed by atoms with Crippen molar-refractivity contribution in [2.45, 2.75) is 13.8 Å². The zero-order valence-corrected chi connectivity index (χ0v) is 12.8. The van der Waals surface area contributed by atoms with Gasteiger partial charge >= 0.3 is 0 Å². The molecule has 0 bridgehead atoms. The van der Waals surface area contributed by atoms with E-state index in [1.165, 1.54) is 38.4 Å². The molecular weight excluding hydrogens is 266 g/mol. The molecule has 0 aliphatic heterocycles. The fourth-order valence-corrected chi connectivity index (χ4v) is 3.31. The first kappa shape index (κ1) is 13.0. The van der Waals surface area contributed by atoms with Crippen LogP contribution in [0.3, 0.4) is 0 Å². The Balaban J connectivity index is 2.13. The molecule has 4 rings (SSSR count). The molecule has 1 heteroatoms. The molecule has 106 valence electrons. The van der Waals surface area contributed by atoms with Gasteiger partial charge in [-0.1, -0.05) is 54.1 Å². The Morgan fingerprint density at radius 2 is 1.50 bits per heavy atom. The lowest BCUT2D eigenvalue weighted by atomic mass is 9.94. The third kappa shape index (κ3) is 1.98. The van der Waals surface area contributed by atoms with E-state index in [9.17, 15) is 0 Å². The van der Waals surface area contributed by atoms with E-state index in [4.69, 9.17) is 0 Å². The summed E-state index contributed by atoms with van der Waals surface area (Å²) in [6, 6.07) is 21.6. The number of hydrogen-bond acceptors (Lipinski definition) is 1. The van der Waals surface area contributed by atoms with E-state index in [1.807, 2.05) is 6.20 Å². The fourth-order valence-electron chi connectivity index (χ4n) is 3.31. The quantitative estimate of drug-likeness (QED) is 0.438. The average Bonchev–Trinajstić information content (AvgIpc) is 2.54. The predicted molar refractivity (Wildman–Crippen MR) is 94.2 cm³/mol. The summed E-state index contributed by atoms with van der Waals surface area (Å²) in [7, 11) is 0. The molecule has 0 saturated carbocycles. The van der Waals surface area contributed by atoms with Crippen molar-refractivity contribution in [3.63, 3.8) is 0 Å². The van der Waals surface area contributed by atoms with Gasteiger partial charge in [-0.15, -0.1) is 0 Å². The molecule has 0 aliphatic rings. The standard InChI is InChI=1S/C21H17N/c1-14-12-15(2)21-20(13-14)19(10-11-22-21)18-9-5-7-16-6-3-4-8-17(16)18/h3-13H,1-2H3. The molecule has 4 aromatic rings. The molecule has 1 nitrogen and oxygen atoms in total. The second kappa shape index (κ2) is 4.96. The summed E-state index contributed by atoms with van der Waals surface area (Å²) < 4.78 is 0. The summed E-state index contributed by atoms with van der Waals surface area (Å²) in [6.07, 6.45) is 1.92. The van der Waals surface area contributed by atoms with Crippen LogP contribution in [0, 0.1) is 13.8 Å². The van der Waals surface area contributed by atoms with Gasteiger partial charge in [0.2, 0.25) is 0 Å². The highest BCUT2D eigenvalue weighted by Gasteiger charge is 2.09. The van der Waals surface area contributed by atoms with Gasteiger partial charge in [0.05, 0.1) is 5.52 Å². The van der Waals surface area contributed by atoms with Gasteiger partial charge in [-0.25, -0.2) is 0 Å². The second-order valence-corrected chi connectivity index (χ2v) is 5.86. The molecular formula is C21H17N. The van der Waals surface area contributed by atoms with Crippen molar-refractivity contribution in [1.29, 1.82) is 0 Å². The third-order valence-electron chi connectivity index (χ3n) is 4.26. The number of aryl methyl sites for hydroxylation is 2. The molecule has 0 N–H and O–H groups in total. The average molecular weight is 283 g/mol. The zero-order chi connectivity index (χ0) is 15.1. The number of fused-ring (bicyclic) bond motifs is 2. The summed E-state index contributed by atoms with van der Waals surface area (Å²) >= 11 is 0. The van der Waals surface area contributed by atoms with Crippen molar-refractivity contribution >= 4 is 21.7 Å². The molecule has 1 heterocycles. The lowest BCUT2D eigenvalue weighted by Gasteiger charge is -2.12. The smallest absolute Gasteiger partial charge is 0.0737 e. The van der Waals surface area contributed by atoms with E-state index in [1.54, 1.807) is 0 Å². The Bertz CT molecular complexity index is 994. The SMILES string of the molecule is Cc1cc(C)c2nccc(-c3cccc4ccccc34)c2c1. The maximum atomic E-state index is 4.59. The van der Waals surface area contributed by atoms with Crippen molar-refractivity contribution < 1.29 is 0 Å². The van der Waals surface area contributed by atoms with Gasteiger partial charge in [0.1, 0.15) is 0 Å². The van der Waals surface area contributed by atoms with Crippen molar-refractivity contribution in [3.8, 4) is 11.1 Å². The Morgan fingerprint density at radius 1 is 0.727 bits per heavy atom. The minimum atomic E-state index is 1.09. The normalized spacial score (nSPS) is 11.2. The van der Waals surface area contributed by atoms with Crippen molar-refractivity contribution in [2.75, 3.05) is 0 Å². The zero-order valence-electron chi connectivity index (χ0n) is 12.8. The van der Waals surface area contributed by atoms with Gasteiger partial charge in [-0.05, 0) is 53.4 Å². The van der Waals surface area contributed by atoms with Crippen LogP contribution < -0.4 is 0 Å². The van der Waals surface area contributed by atoms with Crippen LogP contribution in [0.2, 0.25) is 0 Å². The maximum absolute atomic E-state index is 4.59. The molecule has 0 amide bonds. The number of hydrogen-bond donors (Lipinski definition) is 0. The Morgan fingerprint density at radius 3 is 2.41 bits per heavy atom. The lowest BCUT2D eigenvalue weighted by molar-refractivity contribution is 1.34. The molecule has 0 atom stereocenters. The van der Waals surface area contributed by atoms with E-state index < -0.39 is 0 Å². The molecule has 0 fully saturated rings. The molecule has 1 aromatic heterocycles. The van der Waals surface area contributed by atoms with E-state index >= 15 is 0 Å². The van der Waals surface area contributed by atoms with Gasteiger partial charge in [0, 0.05) is 11.6 Å². The number of aromatic nitrogens is 1. The van der Waals surface area contributed by atoms with Crippen LogP contribution in [0.15, 0.2) is 66.9 Å². The van der Waals surface area contributed by atoms with Crippen molar-refractivity contribution in [3.05, 3.63) is 78.0 Å². The fraction of sp³-hybridized carbons (Fsp3) is 0.0952. The van der Waals surface area contributed by atoms with Crippen LogP contribution in [-0.4, -0.2) is 4.98 Å². The van der Waals surface area contributed by atoms with Crippen LogP contribution in [0.1, 0.15) is 11.1 Å². The van der Waals surface area contributed by atoms with Crippen LogP contribution in [-0.2, 0) is 0 Å². The second-order valence-electron chi connectivity index (χ2n) is 5.86. The highest BCUT2D eigenvalue weighted by Crippen LogP contribution is 2.34. The minimum absolute atomic E-state index is 1.09. The maximum Gasteiger partial charge on any atom is 0.0737 e. The number of benzene rings is 3. The highest BCUT2D eigenvalue weighted by atomic mass is 14.7. The first-order valence-corrected chi connectivity index (χ1v) is 7.58. The minimum Gasteiger partial charge on any atom is -0.256 e. The summed E-state index contributed by atoms with van der Waals surface area (Å²) in [5, 5.41) is 3.79. The van der Waals surface area contributed by atoms with E-state index in [0.29, 0.717) is 0 Å². The lowest BCUT2D eigenvalue weighted by Crippen LogP contribution is -1.89. The molecule has 3 aromatic carbocycles. The molecule has 0 unspecified atom stereocenters. The topological polar surface area (TPSA) is 12.9 Å². The van der Waals surface area contributed by atoms with Crippen LogP contribution >= 0.6 is 0 Å². The summed E-state index contributed by atoms with van der Waals surface area (Å²) in [4.78, 5) is 4.59. The van der Waals surface area contributed by atoms with Crippen LogP contribution in [0.25, 0.3) is 32.8 Å². The van der Waals surface area contributed by atoms with Gasteiger partial charge < -0.3 is 0 Å². The Kier molecular flexibility index (Phi) is 2.93. The highest BCUT2D eigenvalue weighted by molar-refractivity contribution is 6.05. The summed E-state index contributed by atoms with van der Waals surface area (Å²) in [5.41, 5.74) is 6.14. The molecule has 0 saturated heterocycles. The number of rotatable bonds is 1. The molecule has 22 heavy (non-hydrogen) atoms. The third-order valence-corrected chi connectivity index (χ3v) is 4.26. The number of pyridine rings is 1. The first-order valence-electron chi connectivity index (χ1n) is 7.58. The van der Waals surface area contributed by atoms with E-state index in [2.05, 4.69) is 79.5 Å². The first-order chi connectivity index (χ1) is 10.7. The monoisotopic (exact) mass is 283 g/mol. The van der Waals surface area contributed by atoms with E-state index in [-0.39, 0.29) is 0 Å². The van der Waals surface area contributed by atoms with Crippen molar-refractivity contribution in [2.24, 2.45) is 0 Å². The summed E-state index contributed by atoms with van der Waals surface area (Å²) in [6.45, 7) is 4.28. The van der Waals surface area contributed by atoms with Crippen LogP contribution in [0.4, 0.5) is 0 Å². The summed E-state index contributed by atoms with van der Waals surface area (Å²) in [5.74, 6) is 0. The molecule has 0 spiro atoms. The van der Waals surface area contributed by atoms with Crippen molar-refractivity contribution in [1.82, 2.24) is 4.98 Å². The predicted octanol–water partition coefficient (Wildman–Crippen LogP) is 5.67.